The van der Waals surface area contributed by atoms with E-state index in [1.54, 1.807) is 24.3 Å². The van der Waals surface area contributed by atoms with Crippen LogP contribution in [0.4, 0.5) is 0 Å². The number of hydrogen-bond acceptors (Lipinski definition) is 4. The van der Waals surface area contributed by atoms with Crippen molar-refractivity contribution in [3.63, 3.8) is 0 Å². The summed E-state index contributed by atoms with van der Waals surface area (Å²) in [6.07, 6.45) is 0.295. The van der Waals surface area contributed by atoms with E-state index in [2.05, 4.69) is 4.72 Å². The predicted molar refractivity (Wildman–Crippen MR) is 70.2 cm³/mol. The smallest absolute Gasteiger partial charge is 0.323 e. The second-order valence-electron chi connectivity index (χ2n) is 4.21. The van der Waals surface area contributed by atoms with Gasteiger partial charge in [-0.15, -0.1) is 0 Å². The molecular formula is C12H17NO5S. The van der Waals surface area contributed by atoms with Gasteiger partial charge in [0.25, 0.3) is 0 Å². The summed E-state index contributed by atoms with van der Waals surface area (Å²) in [5.41, 5.74) is 0.854. The first-order valence-corrected chi connectivity index (χ1v) is 7.30. The molecule has 0 saturated carbocycles. The maximum Gasteiger partial charge on any atom is 0.323 e. The molecule has 1 rings (SSSR count). The van der Waals surface area contributed by atoms with E-state index in [4.69, 9.17) is 5.11 Å². The Morgan fingerprint density at radius 2 is 1.89 bits per heavy atom. The molecule has 1 aromatic carbocycles. The van der Waals surface area contributed by atoms with Gasteiger partial charge in [0.1, 0.15) is 0 Å². The molecule has 2 atom stereocenters. The van der Waals surface area contributed by atoms with Gasteiger partial charge in [-0.1, -0.05) is 30.3 Å². The fraction of sp³-hybridized carbons (Fsp3) is 0.417. The quantitative estimate of drug-likeness (QED) is 0.654. The van der Waals surface area contributed by atoms with Crippen LogP contribution >= 0.6 is 0 Å². The number of benzene rings is 1. The predicted octanol–water partition coefficient (Wildman–Crippen LogP) is -0.0175. The SMILES string of the molecule is CC(C(=O)O)S(=O)(=O)NC(CO)Cc1ccccc1. The molecule has 0 aliphatic carbocycles. The van der Waals surface area contributed by atoms with Crippen molar-refractivity contribution in [3.05, 3.63) is 35.9 Å². The van der Waals surface area contributed by atoms with E-state index in [1.165, 1.54) is 0 Å². The molecule has 0 aliphatic heterocycles. The molecule has 0 radical (unpaired) electrons. The van der Waals surface area contributed by atoms with Crippen molar-refractivity contribution in [3.8, 4) is 0 Å². The zero-order chi connectivity index (χ0) is 14.5. The molecule has 2 unspecified atom stereocenters. The van der Waals surface area contributed by atoms with Gasteiger partial charge in [-0.05, 0) is 18.9 Å². The third-order valence-electron chi connectivity index (χ3n) is 2.69. The number of hydrogen-bond donors (Lipinski definition) is 3. The Kier molecular flexibility index (Phi) is 5.46. The van der Waals surface area contributed by atoms with Crippen LogP contribution in [0.2, 0.25) is 0 Å². The van der Waals surface area contributed by atoms with Crippen molar-refractivity contribution in [2.24, 2.45) is 0 Å². The fourth-order valence-corrected chi connectivity index (χ4v) is 2.60. The Bertz CT molecular complexity index is 514. The molecule has 0 aromatic heterocycles. The minimum atomic E-state index is -4.00. The summed E-state index contributed by atoms with van der Waals surface area (Å²) in [5.74, 6) is -1.43. The molecule has 0 fully saturated rings. The monoisotopic (exact) mass is 287 g/mol. The van der Waals surface area contributed by atoms with Crippen LogP contribution in [0.15, 0.2) is 30.3 Å². The molecule has 19 heavy (non-hydrogen) atoms. The number of carboxylic acid groups (broad SMARTS) is 1. The lowest BCUT2D eigenvalue weighted by molar-refractivity contribution is -0.136. The number of nitrogens with one attached hydrogen (secondary N) is 1. The maximum atomic E-state index is 11.7. The highest BCUT2D eigenvalue weighted by molar-refractivity contribution is 7.90. The number of carbonyl (C=O) groups is 1. The molecule has 1 aromatic rings. The minimum Gasteiger partial charge on any atom is -0.480 e. The van der Waals surface area contributed by atoms with Crippen LogP contribution in [-0.2, 0) is 21.2 Å². The van der Waals surface area contributed by atoms with E-state index in [9.17, 15) is 18.3 Å². The van der Waals surface area contributed by atoms with Gasteiger partial charge in [0.15, 0.2) is 5.25 Å². The summed E-state index contributed by atoms with van der Waals surface area (Å²) in [5, 5.41) is 16.3. The van der Waals surface area contributed by atoms with Crippen LogP contribution in [0, 0.1) is 0 Å². The number of aliphatic carboxylic acids is 1. The number of rotatable bonds is 7. The lowest BCUT2D eigenvalue weighted by Gasteiger charge is -2.18. The van der Waals surface area contributed by atoms with E-state index in [1.807, 2.05) is 6.07 Å². The first-order chi connectivity index (χ1) is 8.86. The largest absolute Gasteiger partial charge is 0.480 e. The summed E-state index contributed by atoms with van der Waals surface area (Å²) in [6, 6.07) is 8.30. The van der Waals surface area contributed by atoms with Crippen molar-refractivity contribution in [1.82, 2.24) is 4.72 Å². The Labute approximate surface area is 112 Å². The van der Waals surface area contributed by atoms with Crippen LogP contribution in [0.3, 0.4) is 0 Å². The van der Waals surface area contributed by atoms with Crippen molar-refractivity contribution in [2.75, 3.05) is 6.61 Å². The second-order valence-corrected chi connectivity index (χ2v) is 6.25. The van der Waals surface area contributed by atoms with Crippen LogP contribution < -0.4 is 4.72 Å². The molecule has 6 nitrogen and oxygen atoms in total. The van der Waals surface area contributed by atoms with E-state index in [-0.39, 0.29) is 0 Å². The summed E-state index contributed by atoms with van der Waals surface area (Å²) in [4.78, 5) is 10.7. The summed E-state index contributed by atoms with van der Waals surface area (Å²) in [6.45, 7) is 0.683. The van der Waals surface area contributed by atoms with Gasteiger partial charge >= 0.3 is 5.97 Å². The summed E-state index contributed by atoms with van der Waals surface area (Å²) >= 11 is 0. The summed E-state index contributed by atoms with van der Waals surface area (Å²) < 4.78 is 25.7. The molecule has 106 valence electrons. The van der Waals surface area contributed by atoms with Crippen molar-refractivity contribution >= 4 is 16.0 Å². The fourth-order valence-electron chi connectivity index (χ4n) is 1.51. The molecule has 7 heteroatoms. The minimum absolute atomic E-state index is 0.295. The molecule has 0 saturated heterocycles. The van der Waals surface area contributed by atoms with Crippen LogP contribution in [0.25, 0.3) is 0 Å². The zero-order valence-corrected chi connectivity index (χ0v) is 11.3. The zero-order valence-electron chi connectivity index (χ0n) is 10.5. The van der Waals surface area contributed by atoms with Crippen molar-refractivity contribution < 1.29 is 23.4 Å². The lowest BCUT2D eigenvalue weighted by Crippen LogP contribution is -2.45. The summed E-state index contributed by atoms with van der Waals surface area (Å²) in [7, 11) is -4.00. The highest BCUT2D eigenvalue weighted by Gasteiger charge is 2.29. The maximum absolute atomic E-state index is 11.7. The average Bonchev–Trinajstić information content (AvgIpc) is 2.37. The third kappa shape index (κ3) is 4.62. The van der Waals surface area contributed by atoms with Gasteiger partial charge in [0.2, 0.25) is 10.0 Å². The number of sulfonamides is 1. The molecule has 0 heterocycles. The van der Waals surface area contributed by atoms with Crippen LogP contribution in [-0.4, -0.2) is 42.5 Å². The first kappa shape index (κ1) is 15.6. The molecule has 0 spiro atoms. The van der Waals surface area contributed by atoms with Gasteiger partial charge in [-0.2, -0.15) is 0 Å². The van der Waals surface area contributed by atoms with E-state index in [0.717, 1.165) is 12.5 Å². The average molecular weight is 287 g/mol. The van der Waals surface area contributed by atoms with Crippen molar-refractivity contribution in [1.29, 1.82) is 0 Å². The highest BCUT2D eigenvalue weighted by atomic mass is 32.2. The molecule has 3 N–H and O–H groups in total. The van der Waals surface area contributed by atoms with E-state index >= 15 is 0 Å². The van der Waals surface area contributed by atoms with Gasteiger partial charge in [-0.25, -0.2) is 13.1 Å². The molecular weight excluding hydrogens is 270 g/mol. The normalized spacial score (nSPS) is 14.8. The Morgan fingerprint density at radius 1 is 1.32 bits per heavy atom. The topological polar surface area (TPSA) is 104 Å². The van der Waals surface area contributed by atoms with Gasteiger partial charge in [0, 0.05) is 6.04 Å². The Balaban J connectivity index is 2.75. The Morgan fingerprint density at radius 3 is 2.37 bits per heavy atom. The number of aliphatic hydroxyl groups excluding tert-OH is 1. The Hall–Kier alpha value is -1.44. The lowest BCUT2D eigenvalue weighted by atomic mass is 10.1. The van der Waals surface area contributed by atoms with Gasteiger partial charge in [0.05, 0.1) is 6.61 Å². The van der Waals surface area contributed by atoms with Gasteiger partial charge in [-0.3, -0.25) is 4.79 Å². The van der Waals surface area contributed by atoms with E-state index in [0.29, 0.717) is 6.42 Å². The van der Waals surface area contributed by atoms with Crippen molar-refractivity contribution in [2.45, 2.75) is 24.6 Å². The standard InChI is InChI=1S/C12H17NO5S/c1-9(12(15)16)19(17,18)13-11(8-14)7-10-5-3-2-4-6-10/h2-6,9,11,13-14H,7-8H2,1H3,(H,15,16). The first-order valence-electron chi connectivity index (χ1n) is 5.75. The van der Waals surface area contributed by atoms with Crippen LogP contribution in [0.1, 0.15) is 12.5 Å². The van der Waals surface area contributed by atoms with Gasteiger partial charge < -0.3 is 10.2 Å². The highest BCUT2D eigenvalue weighted by Crippen LogP contribution is 2.06. The van der Waals surface area contributed by atoms with Crippen LogP contribution in [0.5, 0.6) is 0 Å². The molecule has 0 amide bonds. The number of aliphatic hydroxyl groups is 1. The molecule has 0 bridgehead atoms. The molecule has 0 aliphatic rings. The second kappa shape index (κ2) is 6.65. The number of carboxylic acids is 1. The van der Waals surface area contributed by atoms with E-state index < -0.39 is 33.9 Å². The third-order valence-corrected chi connectivity index (χ3v) is 4.48.